The van der Waals surface area contributed by atoms with E-state index in [-0.39, 0.29) is 12.3 Å². The summed E-state index contributed by atoms with van der Waals surface area (Å²) in [5.41, 5.74) is 2.66. The number of pyridine rings is 1. The molecule has 0 fully saturated rings. The third-order valence-corrected chi connectivity index (χ3v) is 4.94. The molecule has 1 heterocycles. The summed E-state index contributed by atoms with van der Waals surface area (Å²) in [6.45, 7) is 0.497. The van der Waals surface area contributed by atoms with E-state index in [0.29, 0.717) is 12.2 Å². The van der Waals surface area contributed by atoms with Crippen molar-refractivity contribution in [3.8, 4) is 0 Å². The van der Waals surface area contributed by atoms with E-state index in [9.17, 15) is 4.79 Å². The van der Waals surface area contributed by atoms with Gasteiger partial charge >= 0.3 is 5.97 Å². The summed E-state index contributed by atoms with van der Waals surface area (Å²) >= 11 is 0. The number of esters is 1. The van der Waals surface area contributed by atoms with E-state index < -0.39 is 12.3 Å². The van der Waals surface area contributed by atoms with Crippen LogP contribution in [0.5, 0.6) is 0 Å². The lowest BCUT2D eigenvalue weighted by molar-refractivity contribution is -0.135. The van der Waals surface area contributed by atoms with Gasteiger partial charge in [-0.3, -0.25) is 0 Å². The molecule has 1 aromatic heterocycles. The third kappa shape index (κ3) is 4.97. The lowest BCUT2D eigenvalue weighted by Crippen LogP contribution is -2.17. The van der Waals surface area contributed by atoms with E-state index in [4.69, 9.17) is 14.2 Å². The number of fused-ring (bicyclic) bond motifs is 1. The maximum absolute atomic E-state index is 13.0. The molecule has 0 amide bonds. The van der Waals surface area contributed by atoms with Crippen molar-refractivity contribution in [3.05, 3.63) is 114 Å². The largest absolute Gasteiger partial charge is 0.456 e. The van der Waals surface area contributed by atoms with Gasteiger partial charge in [-0.15, -0.1) is 0 Å². The van der Waals surface area contributed by atoms with Gasteiger partial charge in [0.25, 0.3) is 0 Å². The highest BCUT2D eigenvalue weighted by Gasteiger charge is 2.25. The Morgan fingerprint density at radius 1 is 0.839 bits per heavy atom. The van der Waals surface area contributed by atoms with Crippen molar-refractivity contribution in [2.24, 2.45) is 0 Å². The normalized spacial score (nSPS) is 11.9. The minimum Gasteiger partial charge on any atom is -0.456 e. The molecule has 31 heavy (non-hydrogen) atoms. The van der Waals surface area contributed by atoms with Crippen LogP contribution in [0.4, 0.5) is 0 Å². The molecular weight excluding hydrogens is 390 g/mol. The molecule has 0 saturated heterocycles. The molecule has 5 heteroatoms. The number of carbonyl (C=O) groups excluding carboxylic acids is 1. The highest BCUT2D eigenvalue weighted by Crippen LogP contribution is 2.30. The Bertz CT molecular complexity index is 1150. The van der Waals surface area contributed by atoms with Crippen LogP contribution in [0.2, 0.25) is 0 Å². The maximum atomic E-state index is 13.0. The Morgan fingerprint density at radius 2 is 1.45 bits per heavy atom. The number of rotatable bonds is 8. The van der Waals surface area contributed by atoms with Gasteiger partial charge < -0.3 is 14.2 Å². The smallest absolute Gasteiger partial charge is 0.357 e. The van der Waals surface area contributed by atoms with Gasteiger partial charge in [0.2, 0.25) is 0 Å². The van der Waals surface area contributed by atoms with Gasteiger partial charge in [0.1, 0.15) is 6.61 Å². The summed E-state index contributed by atoms with van der Waals surface area (Å²) in [7, 11) is 1.55. The molecule has 1 atom stereocenters. The molecule has 0 saturated carbocycles. The van der Waals surface area contributed by atoms with Crippen molar-refractivity contribution >= 4 is 16.7 Å². The number of nitrogens with zero attached hydrogens (tertiary/aromatic N) is 1. The standard InChI is InChI=1S/C26H23NO4/c1-29-26(31-18-20-12-6-3-7-13-20)23-22-15-9-8-14-21(22)16-27-24(23)25(28)30-17-19-10-4-2-5-11-19/h2-16,26H,17-18H2,1H3. The summed E-state index contributed by atoms with van der Waals surface area (Å²) in [6.07, 6.45) is 0.889. The Balaban J connectivity index is 1.64. The SMILES string of the molecule is COC(OCc1ccccc1)c1c(C(=O)OCc2ccccc2)ncc2ccccc12. The molecule has 3 aromatic carbocycles. The molecule has 0 aliphatic carbocycles. The average molecular weight is 413 g/mol. The summed E-state index contributed by atoms with van der Waals surface area (Å²) < 4.78 is 17.3. The number of benzene rings is 3. The maximum Gasteiger partial charge on any atom is 0.357 e. The molecule has 0 spiro atoms. The van der Waals surface area contributed by atoms with Gasteiger partial charge in [-0.25, -0.2) is 9.78 Å². The first-order chi connectivity index (χ1) is 15.3. The summed E-state index contributed by atoms with van der Waals surface area (Å²) in [4.78, 5) is 17.4. The fourth-order valence-electron chi connectivity index (χ4n) is 3.39. The highest BCUT2D eigenvalue weighted by molar-refractivity contribution is 5.96. The van der Waals surface area contributed by atoms with Crippen molar-refractivity contribution in [3.63, 3.8) is 0 Å². The molecule has 156 valence electrons. The number of methoxy groups -OCH3 is 1. The average Bonchev–Trinajstić information content (AvgIpc) is 2.84. The van der Waals surface area contributed by atoms with Gasteiger partial charge in [-0.05, 0) is 16.5 Å². The molecule has 0 aliphatic heterocycles. The van der Waals surface area contributed by atoms with Crippen LogP contribution in [0, 0.1) is 0 Å². The predicted octanol–water partition coefficient (Wildman–Crippen LogP) is 5.45. The fourth-order valence-corrected chi connectivity index (χ4v) is 3.39. The van der Waals surface area contributed by atoms with Gasteiger partial charge in [0, 0.05) is 24.3 Å². The second-order valence-corrected chi connectivity index (χ2v) is 7.03. The summed E-state index contributed by atoms with van der Waals surface area (Å²) in [5.74, 6) is -0.519. The van der Waals surface area contributed by atoms with Crippen LogP contribution in [0.3, 0.4) is 0 Å². The molecule has 1 unspecified atom stereocenters. The molecule has 4 rings (SSSR count). The van der Waals surface area contributed by atoms with Crippen LogP contribution in [-0.4, -0.2) is 18.1 Å². The molecule has 4 aromatic rings. The number of hydrogen-bond acceptors (Lipinski definition) is 5. The summed E-state index contributed by atoms with van der Waals surface area (Å²) in [6, 6.07) is 27.0. The monoisotopic (exact) mass is 413 g/mol. The predicted molar refractivity (Wildman–Crippen MR) is 118 cm³/mol. The third-order valence-electron chi connectivity index (χ3n) is 4.94. The Labute approximate surface area is 181 Å². The molecule has 0 N–H and O–H groups in total. The van der Waals surface area contributed by atoms with E-state index in [1.807, 2.05) is 84.9 Å². The fraction of sp³-hybridized carbons (Fsp3) is 0.154. The Morgan fingerprint density at radius 3 is 2.13 bits per heavy atom. The van der Waals surface area contributed by atoms with Crippen LogP contribution in [-0.2, 0) is 27.4 Å². The molecule has 5 nitrogen and oxygen atoms in total. The summed E-state index contributed by atoms with van der Waals surface area (Å²) in [5, 5.41) is 1.73. The topological polar surface area (TPSA) is 57.7 Å². The minimum atomic E-state index is -0.780. The molecular formula is C26H23NO4. The Hall–Kier alpha value is -3.54. The zero-order valence-corrected chi connectivity index (χ0v) is 17.2. The lowest BCUT2D eigenvalue weighted by atomic mass is 10.0. The van der Waals surface area contributed by atoms with Gasteiger partial charge in [0.15, 0.2) is 12.0 Å². The van der Waals surface area contributed by atoms with Gasteiger partial charge in [0.05, 0.1) is 6.61 Å². The van der Waals surface area contributed by atoms with Crippen LogP contribution in [0.1, 0.15) is 33.5 Å². The van der Waals surface area contributed by atoms with Crippen molar-refractivity contribution < 1.29 is 19.0 Å². The molecule has 0 bridgehead atoms. The van der Waals surface area contributed by atoms with E-state index in [1.165, 1.54) is 0 Å². The zero-order valence-electron chi connectivity index (χ0n) is 17.2. The van der Waals surface area contributed by atoms with Crippen LogP contribution < -0.4 is 0 Å². The second-order valence-electron chi connectivity index (χ2n) is 7.03. The number of carbonyl (C=O) groups is 1. The van der Waals surface area contributed by atoms with Crippen molar-refractivity contribution in [1.82, 2.24) is 4.98 Å². The van der Waals surface area contributed by atoms with E-state index in [1.54, 1.807) is 13.3 Å². The zero-order chi connectivity index (χ0) is 21.5. The second kappa shape index (κ2) is 9.98. The minimum absolute atomic E-state index is 0.163. The van der Waals surface area contributed by atoms with Crippen molar-refractivity contribution in [2.75, 3.05) is 7.11 Å². The Kier molecular flexibility index (Phi) is 6.67. The molecule has 0 aliphatic rings. The quantitative estimate of drug-likeness (QED) is 0.284. The highest BCUT2D eigenvalue weighted by atomic mass is 16.7. The number of ether oxygens (including phenoxy) is 3. The van der Waals surface area contributed by atoms with E-state index >= 15 is 0 Å². The van der Waals surface area contributed by atoms with Crippen LogP contribution >= 0.6 is 0 Å². The van der Waals surface area contributed by atoms with Crippen molar-refractivity contribution in [1.29, 1.82) is 0 Å². The molecule has 0 radical (unpaired) electrons. The lowest BCUT2D eigenvalue weighted by Gasteiger charge is -2.21. The van der Waals surface area contributed by atoms with E-state index in [2.05, 4.69) is 4.98 Å². The first-order valence-electron chi connectivity index (χ1n) is 10.0. The van der Waals surface area contributed by atoms with Crippen molar-refractivity contribution in [2.45, 2.75) is 19.5 Å². The first kappa shape index (κ1) is 20.7. The van der Waals surface area contributed by atoms with Crippen LogP contribution in [0.15, 0.2) is 91.1 Å². The first-order valence-corrected chi connectivity index (χ1v) is 10.0. The van der Waals surface area contributed by atoms with Gasteiger partial charge in [-0.1, -0.05) is 84.9 Å². The van der Waals surface area contributed by atoms with Crippen LogP contribution in [0.25, 0.3) is 10.8 Å². The van der Waals surface area contributed by atoms with Gasteiger partial charge in [-0.2, -0.15) is 0 Å². The number of aromatic nitrogens is 1. The van der Waals surface area contributed by atoms with E-state index in [0.717, 1.165) is 21.9 Å². The number of hydrogen-bond donors (Lipinski definition) is 0.